The zero-order chi connectivity index (χ0) is 17.4. The smallest absolute Gasteiger partial charge is 0.266 e. The highest BCUT2D eigenvalue weighted by atomic mass is 32.2. The van der Waals surface area contributed by atoms with E-state index in [0.29, 0.717) is 36.1 Å². The van der Waals surface area contributed by atoms with E-state index in [1.165, 1.54) is 38.8 Å². The summed E-state index contributed by atoms with van der Waals surface area (Å²) in [6, 6.07) is 4.76. The van der Waals surface area contributed by atoms with Crippen LogP contribution in [0.1, 0.15) is 18.9 Å². The number of pyridine rings is 1. The molecule has 1 aliphatic rings. The summed E-state index contributed by atoms with van der Waals surface area (Å²) in [6.45, 7) is 0.664. The Bertz CT molecular complexity index is 1050. The van der Waals surface area contributed by atoms with E-state index in [0.717, 1.165) is 0 Å². The van der Waals surface area contributed by atoms with E-state index < -0.39 is 10.0 Å². The SMILES string of the molecule is O=c1c2sccc2nnn1C1CCN(S(=O)(=O)c2cccnc2)CC1. The largest absolute Gasteiger partial charge is 0.287 e. The van der Waals surface area contributed by atoms with Gasteiger partial charge >= 0.3 is 0 Å². The second kappa shape index (κ2) is 6.28. The molecule has 0 amide bonds. The molecule has 1 saturated heterocycles. The summed E-state index contributed by atoms with van der Waals surface area (Å²) in [5.74, 6) is 0. The van der Waals surface area contributed by atoms with E-state index in [4.69, 9.17) is 0 Å². The third-order valence-electron chi connectivity index (χ3n) is 4.34. The lowest BCUT2D eigenvalue weighted by Gasteiger charge is -2.31. The zero-order valence-electron chi connectivity index (χ0n) is 13.1. The van der Waals surface area contributed by atoms with Gasteiger partial charge in [-0.25, -0.2) is 13.1 Å². The van der Waals surface area contributed by atoms with Crippen LogP contribution < -0.4 is 5.56 Å². The summed E-state index contributed by atoms with van der Waals surface area (Å²) in [5, 5.41) is 9.92. The summed E-state index contributed by atoms with van der Waals surface area (Å²) in [6.07, 6.45) is 3.93. The lowest BCUT2D eigenvalue weighted by molar-refractivity contribution is 0.252. The molecule has 8 nitrogen and oxygen atoms in total. The van der Waals surface area contributed by atoms with Gasteiger partial charge in [0.1, 0.15) is 15.1 Å². The minimum atomic E-state index is -3.55. The van der Waals surface area contributed by atoms with Crippen LogP contribution in [-0.4, -0.2) is 45.8 Å². The van der Waals surface area contributed by atoms with E-state index in [-0.39, 0.29) is 16.5 Å². The van der Waals surface area contributed by atoms with Crippen molar-refractivity contribution in [2.24, 2.45) is 0 Å². The number of piperidine rings is 1. The molecule has 4 heterocycles. The first-order valence-electron chi connectivity index (χ1n) is 7.80. The first-order valence-corrected chi connectivity index (χ1v) is 10.1. The summed E-state index contributed by atoms with van der Waals surface area (Å²) >= 11 is 1.35. The maximum atomic E-state index is 12.6. The van der Waals surface area contributed by atoms with Gasteiger partial charge in [-0.15, -0.1) is 16.4 Å². The molecule has 0 unspecified atom stereocenters. The Balaban J connectivity index is 1.55. The molecule has 3 aromatic heterocycles. The van der Waals surface area contributed by atoms with Crippen molar-refractivity contribution in [3.8, 4) is 0 Å². The topological polar surface area (TPSA) is 98.0 Å². The third kappa shape index (κ3) is 2.86. The lowest BCUT2D eigenvalue weighted by Crippen LogP contribution is -2.41. The number of hydrogen-bond acceptors (Lipinski definition) is 7. The van der Waals surface area contributed by atoms with Gasteiger partial charge < -0.3 is 0 Å². The maximum Gasteiger partial charge on any atom is 0.287 e. The number of nitrogens with zero attached hydrogens (tertiary/aromatic N) is 5. The number of sulfonamides is 1. The Kier molecular flexibility index (Phi) is 4.10. The van der Waals surface area contributed by atoms with Gasteiger partial charge in [0.15, 0.2) is 0 Å². The van der Waals surface area contributed by atoms with E-state index in [2.05, 4.69) is 15.3 Å². The van der Waals surface area contributed by atoms with Gasteiger partial charge in [0.05, 0.1) is 6.04 Å². The van der Waals surface area contributed by atoms with Gasteiger partial charge in [-0.2, -0.15) is 4.31 Å². The standard InChI is InChI=1S/C15H15N5O3S2/c21-15-14-13(5-9-24-14)17-18-20(15)11-3-7-19(8-4-11)25(22,23)12-2-1-6-16-10-12/h1-2,5-6,9-11H,3-4,7-8H2. The van der Waals surface area contributed by atoms with E-state index in [1.54, 1.807) is 12.1 Å². The van der Waals surface area contributed by atoms with Gasteiger partial charge in [0, 0.05) is 25.5 Å². The number of hydrogen-bond donors (Lipinski definition) is 0. The second-order valence-electron chi connectivity index (χ2n) is 5.80. The Morgan fingerprint density at radius 1 is 1.20 bits per heavy atom. The number of thiophene rings is 1. The van der Waals surface area contributed by atoms with Gasteiger partial charge in [0.2, 0.25) is 10.0 Å². The van der Waals surface area contributed by atoms with Crippen LogP contribution in [0.3, 0.4) is 0 Å². The summed E-state index contributed by atoms with van der Waals surface area (Å²) in [7, 11) is -3.55. The monoisotopic (exact) mass is 377 g/mol. The molecular weight excluding hydrogens is 362 g/mol. The van der Waals surface area contributed by atoms with Gasteiger partial charge in [-0.05, 0) is 36.4 Å². The lowest BCUT2D eigenvalue weighted by atomic mass is 10.1. The molecule has 1 fully saturated rings. The van der Waals surface area contributed by atoms with Crippen LogP contribution in [0.4, 0.5) is 0 Å². The molecule has 0 aromatic carbocycles. The molecule has 0 bridgehead atoms. The molecular formula is C15H15N5O3S2. The summed E-state index contributed by atoms with van der Waals surface area (Å²) in [5.41, 5.74) is 0.441. The van der Waals surface area contributed by atoms with Crippen molar-refractivity contribution in [1.29, 1.82) is 0 Å². The molecule has 4 rings (SSSR count). The fraction of sp³-hybridized carbons (Fsp3) is 0.333. The average molecular weight is 377 g/mol. The highest BCUT2D eigenvalue weighted by molar-refractivity contribution is 7.89. The van der Waals surface area contributed by atoms with Crippen molar-refractivity contribution in [3.05, 3.63) is 46.3 Å². The fourth-order valence-electron chi connectivity index (χ4n) is 3.00. The molecule has 25 heavy (non-hydrogen) atoms. The number of aromatic nitrogens is 4. The molecule has 0 aliphatic carbocycles. The predicted molar refractivity (Wildman–Crippen MR) is 92.9 cm³/mol. The van der Waals surface area contributed by atoms with Crippen molar-refractivity contribution >= 4 is 31.6 Å². The Morgan fingerprint density at radius 2 is 2.00 bits per heavy atom. The van der Waals surface area contributed by atoms with Crippen LogP contribution in [-0.2, 0) is 10.0 Å². The normalized spacial score (nSPS) is 17.1. The van der Waals surface area contributed by atoms with Gasteiger partial charge in [0.25, 0.3) is 5.56 Å². The molecule has 0 saturated carbocycles. The fourth-order valence-corrected chi connectivity index (χ4v) is 5.19. The van der Waals surface area contributed by atoms with E-state index >= 15 is 0 Å². The molecule has 0 spiro atoms. The van der Waals surface area contributed by atoms with Crippen molar-refractivity contribution < 1.29 is 8.42 Å². The van der Waals surface area contributed by atoms with Crippen molar-refractivity contribution in [2.45, 2.75) is 23.8 Å². The van der Waals surface area contributed by atoms with Crippen molar-refractivity contribution in [2.75, 3.05) is 13.1 Å². The highest BCUT2D eigenvalue weighted by Gasteiger charge is 2.31. The average Bonchev–Trinajstić information content (AvgIpc) is 3.13. The predicted octanol–water partition coefficient (Wildman–Crippen LogP) is 1.27. The van der Waals surface area contributed by atoms with Crippen molar-refractivity contribution in [1.82, 2.24) is 24.3 Å². The maximum absolute atomic E-state index is 12.6. The van der Waals surface area contributed by atoms with Crippen LogP contribution in [0.15, 0.2) is 45.7 Å². The third-order valence-corrected chi connectivity index (χ3v) is 7.11. The number of rotatable bonds is 3. The van der Waals surface area contributed by atoms with Crippen molar-refractivity contribution in [3.63, 3.8) is 0 Å². The molecule has 130 valence electrons. The van der Waals surface area contributed by atoms with E-state index in [1.807, 2.05) is 5.38 Å². The second-order valence-corrected chi connectivity index (χ2v) is 8.65. The van der Waals surface area contributed by atoms with Crippen LogP contribution in [0, 0.1) is 0 Å². The minimum absolute atomic E-state index is 0.146. The molecule has 3 aromatic rings. The Morgan fingerprint density at radius 3 is 2.72 bits per heavy atom. The van der Waals surface area contributed by atoms with Crippen LogP contribution >= 0.6 is 11.3 Å². The van der Waals surface area contributed by atoms with E-state index in [9.17, 15) is 13.2 Å². The molecule has 0 radical (unpaired) electrons. The Hall–Kier alpha value is -2.17. The van der Waals surface area contributed by atoms with Crippen LogP contribution in [0.25, 0.3) is 10.2 Å². The minimum Gasteiger partial charge on any atom is -0.266 e. The molecule has 0 N–H and O–H groups in total. The molecule has 10 heteroatoms. The zero-order valence-corrected chi connectivity index (χ0v) is 14.8. The quantitative estimate of drug-likeness (QED) is 0.682. The Labute approximate surface area is 147 Å². The summed E-state index contributed by atoms with van der Waals surface area (Å²) in [4.78, 5) is 16.6. The molecule has 0 atom stereocenters. The summed E-state index contributed by atoms with van der Waals surface area (Å²) < 4.78 is 28.7. The van der Waals surface area contributed by atoms with Crippen LogP contribution in [0.2, 0.25) is 0 Å². The first-order chi connectivity index (χ1) is 12.1. The highest BCUT2D eigenvalue weighted by Crippen LogP contribution is 2.25. The van der Waals surface area contributed by atoms with Gasteiger partial charge in [-0.1, -0.05) is 5.21 Å². The number of fused-ring (bicyclic) bond motifs is 1. The molecule has 1 aliphatic heterocycles. The van der Waals surface area contributed by atoms with Gasteiger partial charge in [-0.3, -0.25) is 9.78 Å². The van der Waals surface area contributed by atoms with Crippen LogP contribution in [0.5, 0.6) is 0 Å². The first kappa shape index (κ1) is 16.3.